The van der Waals surface area contributed by atoms with Crippen molar-refractivity contribution >= 4 is 71.3 Å². The second-order valence-corrected chi connectivity index (χ2v) is 17.9. The van der Waals surface area contributed by atoms with E-state index >= 15 is 0 Å². The lowest BCUT2D eigenvalue weighted by atomic mass is 9.54. The molecule has 2 amide bonds. The number of aromatic hydroxyl groups is 2. The maximum atomic E-state index is 13.7. The van der Waals surface area contributed by atoms with Gasteiger partial charge in [0.2, 0.25) is 11.6 Å². The van der Waals surface area contributed by atoms with Crippen molar-refractivity contribution in [3.05, 3.63) is 92.5 Å². The van der Waals surface area contributed by atoms with Crippen LogP contribution in [0.2, 0.25) is 0 Å². The molecule has 0 aromatic heterocycles. The third kappa shape index (κ3) is 8.01. The molecule has 6 aliphatic rings. The molecule has 0 aliphatic heterocycles. The number of aliphatic hydroxyl groups is 9. The minimum Gasteiger partial charge on any atom is -0.508 e. The number of likely N-dealkylation sites (N-methyl/N-ethyl adjacent to an activating group) is 2. The van der Waals surface area contributed by atoms with Crippen molar-refractivity contribution in [2.24, 2.45) is 35.1 Å². The number of aliphatic hydroxyl groups excluding tert-OH is 7. The summed E-state index contributed by atoms with van der Waals surface area (Å²) in [4.78, 5) is 79.9. The summed E-state index contributed by atoms with van der Waals surface area (Å²) >= 11 is 0. The largest absolute Gasteiger partial charge is 0.508 e. The Hall–Kier alpha value is -5.92. The summed E-state index contributed by atoms with van der Waals surface area (Å²) in [6.45, 7) is 5.28. The van der Waals surface area contributed by atoms with Crippen LogP contribution in [0, 0.1) is 23.7 Å². The molecule has 0 heterocycles. The van der Waals surface area contributed by atoms with Crippen LogP contribution >= 0.6 is 24.8 Å². The molecule has 8 rings (SSSR count). The Morgan fingerprint density at radius 1 is 0.614 bits per heavy atom. The van der Waals surface area contributed by atoms with Crippen LogP contribution in [-0.4, -0.2) is 177 Å². The fraction of sp³-hybridized carbons (Fsp3) is 0.435. The number of rotatable bonds is 4. The summed E-state index contributed by atoms with van der Waals surface area (Å²) in [7, 11) is 5.84. The SMILES string of the molecule is CC1c2cccc(O)c2C(O)=C2C(=O)[C@]3(O)C(O)=C(C(N)=O)C(=O)C(N(C)C)[C@@H]3C(O)[C@@H]21.CC1c2cccc(O)c2C(O)=C2C(=O)[C@]3(O)C(O)=C(C(N)=O)C(=O)C(N(C)C)[C@@H]3C(O)[C@@H]21.CCO.Cl.Cl.O. The summed E-state index contributed by atoms with van der Waals surface area (Å²) in [5.74, 6) is -17.7. The quantitative estimate of drug-likeness (QED) is 0.164. The van der Waals surface area contributed by atoms with Crippen molar-refractivity contribution < 1.29 is 90.4 Å². The Morgan fingerprint density at radius 2 is 0.900 bits per heavy atom. The van der Waals surface area contributed by atoms with Gasteiger partial charge in [-0.2, -0.15) is 0 Å². The highest BCUT2D eigenvalue weighted by Gasteiger charge is 2.70. The van der Waals surface area contributed by atoms with Crippen molar-refractivity contribution in [2.45, 2.75) is 68.1 Å². The smallest absolute Gasteiger partial charge is 0.255 e. The second-order valence-electron chi connectivity index (χ2n) is 17.9. The first-order valence-corrected chi connectivity index (χ1v) is 21.1. The molecular weight excluding hydrogens is 967 g/mol. The Balaban J connectivity index is 0.000000337. The van der Waals surface area contributed by atoms with E-state index in [0.29, 0.717) is 11.1 Å². The van der Waals surface area contributed by atoms with Gasteiger partial charge < -0.3 is 73.1 Å². The molecule has 17 N–H and O–H groups in total. The molecular formula is C46H58Cl2N4O18. The topological polar surface area (TPSA) is 415 Å². The van der Waals surface area contributed by atoms with E-state index in [2.05, 4.69) is 0 Å². The normalized spacial score (nSPS) is 31.7. The first-order chi connectivity index (χ1) is 31.1. The number of fused-ring (bicyclic) bond motifs is 6. The van der Waals surface area contributed by atoms with E-state index in [1.807, 2.05) is 0 Å². The molecule has 0 bridgehead atoms. The van der Waals surface area contributed by atoms with Crippen LogP contribution in [0.25, 0.3) is 11.5 Å². The zero-order valence-corrected chi connectivity index (χ0v) is 40.3. The number of benzene rings is 2. The Morgan fingerprint density at radius 3 is 1.16 bits per heavy atom. The fourth-order valence-corrected chi connectivity index (χ4v) is 11.2. The van der Waals surface area contributed by atoms with Crippen LogP contribution in [0.5, 0.6) is 11.5 Å². The number of Topliss-reactive ketones (excluding diaryl/α,β-unsaturated/α-hetero) is 4. The van der Waals surface area contributed by atoms with Gasteiger partial charge in [0.15, 0.2) is 22.8 Å². The van der Waals surface area contributed by atoms with Gasteiger partial charge in [-0.25, -0.2) is 0 Å². The molecule has 0 spiro atoms. The van der Waals surface area contributed by atoms with Crippen LogP contribution in [0.1, 0.15) is 54.9 Å². The van der Waals surface area contributed by atoms with Gasteiger partial charge in [-0.15, -0.1) is 24.8 Å². The average molecular weight is 1030 g/mol. The second kappa shape index (κ2) is 20.4. The van der Waals surface area contributed by atoms with Crippen molar-refractivity contribution in [3.63, 3.8) is 0 Å². The van der Waals surface area contributed by atoms with E-state index in [1.165, 1.54) is 50.1 Å². The predicted octanol–water partition coefficient (Wildman–Crippen LogP) is -0.991. The molecule has 12 atom stereocenters. The van der Waals surface area contributed by atoms with Crippen LogP contribution in [0.3, 0.4) is 0 Å². The number of ketones is 4. The molecule has 2 saturated carbocycles. The van der Waals surface area contributed by atoms with Crippen LogP contribution in [0.4, 0.5) is 0 Å². The van der Waals surface area contributed by atoms with Gasteiger partial charge in [0.05, 0.1) is 47.3 Å². The van der Waals surface area contributed by atoms with Gasteiger partial charge in [0.1, 0.15) is 45.7 Å². The number of carbonyl (C=O) groups is 6. The molecule has 0 saturated heterocycles. The number of nitrogens with two attached hydrogens (primary N) is 2. The molecule has 22 nitrogen and oxygen atoms in total. The zero-order valence-electron chi connectivity index (χ0n) is 38.7. The van der Waals surface area contributed by atoms with Gasteiger partial charge in [-0.1, -0.05) is 38.1 Å². The van der Waals surface area contributed by atoms with E-state index < -0.39 is 151 Å². The molecule has 384 valence electrons. The lowest BCUT2D eigenvalue weighted by Crippen LogP contribution is -2.70. The summed E-state index contributed by atoms with van der Waals surface area (Å²) in [6.07, 6.45) is -3.18. The molecule has 2 aromatic rings. The third-order valence-electron chi connectivity index (χ3n) is 14.0. The van der Waals surface area contributed by atoms with Crippen molar-refractivity contribution in [1.82, 2.24) is 9.80 Å². The Bertz CT molecular complexity index is 2490. The van der Waals surface area contributed by atoms with Gasteiger partial charge in [0.25, 0.3) is 11.8 Å². The van der Waals surface area contributed by atoms with E-state index in [-0.39, 0.29) is 59.5 Å². The molecule has 2 fully saturated rings. The molecule has 0 radical (unpaired) electrons. The van der Waals surface area contributed by atoms with Crippen LogP contribution < -0.4 is 11.5 Å². The molecule has 6 unspecified atom stereocenters. The number of carbonyl (C=O) groups excluding carboxylic acids is 6. The molecule has 70 heavy (non-hydrogen) atoms. The Kier molecular flexibility index (Phi) is 17.0. The predicted molar refractivity (Wildman–Crippen MR) is 252 cm³/mol. The Labute approximate surface area is 412 Å². The number of amides is 2. The number of hydrogen-bond donors (Lipinski definition) is 13. The average Bonchev–Trinajstić information content (AvgIpc) is 3.23. The highest BCUT2D eigenvalue weighted by molar-refractivity contribution is 6.26. The monoisotopic (exact) mass is 1020 g/mol. The van der Waals surface area contributed by atoms with Crippen molar-refractivity contribution in [2.75, 3.05) is 34.8 Å². The van der Waals surface area contributed by atoms with Gasteiger partial charge in [-0.3, -0.25) is 38.6 Å². The standard InChI is InChI=1S/2C22H24N2O8.C2H6O.2ClH.H2O/c2*1-7-8-5-4-6-9(25)11(8)16(26)12-10(7)17(27)14-15(24(2)3)18(28)13(21(23)31)20(30)22(14,32)19(12)29;1-2-3;;;/h2*4-7,10,14-15,17,25-27,30,32H,1-3H3,(H2,23,31);3H,2H2,1H3;2*1H;1H2/t2*7?,10-,14-,15?,17?,22+;;;;/m11..../s1. The van der Waals surface area contributed by atoms with E-state index in [4.69, 9.17) is 16.6 Å². The summed E-state index contributed by atoms with van der Waals surface area (Å²) < 4.78 is 0. The number of hydrogen-bond acceptors (Lipinski definition) is 19. The summed E-state index contributed by atoms with van der Waals surface area (Å²) in [5, 5.41) is 117. The zero-order chi connectivity index (χ0) is 50.4. The minimum absolute atomic E-state index is 0. The van der Waals surface area contributed by atoms with E-state index in [1.54, 1.807) is 45.0 Å². The first-order valence-electron chi connectivity index (χ1n) is 21.1. The minimum atomic E-state index is -2.89. The molecule has 24 heteroatoms. The lowest BCUT2D eigenvalue weighted by Gasteiger charge is -2.53. The molecule has 2 aromatic carbocycles. The number of primary amides is 2. The number of phenolic OH excluding ortho intramolecular Hbond substituents is 2. The van der Waals surface area contributed by atoms with Crippen LogP contribution in [0.15, 0.2) is 70.2 Å². The van der Waals surface area contributed by atoms with Gasteiger partial charge in [-0.05, 0) is 70.2 Å². The van der Waals surface area contributed by atoms with Gasteiger partial charge in [0, 0.05) is 29.6 Å². The number of phenols is 2. The van der Waals surface area contributed by atoms with Crippen LogP contribution in [-0.2, 0) is 28.8 Å². The van der Waals surface area contributed by atoms with Gasteiger partial charge >= 0.3 is 0 Å². The maximum Gasteiger partial charge on any atom is 0.255 e. The summed E-state index contributed by atoms with van der Waals surface area (Å²) in [5.41, 5.74) is 2.94. The highest BCUT2D eigenvalue weighted by Crippen LogP contribution is 2.58. The first kappa shape index (κ1) is 58.4. The maximum absolute atomic E-state index is 13.7. The summed E-state index contributed by atoms with van der Waals surface area (Å²) in [6, 6.07) is 6.26. The van der Waals surface area contributed by atoms with Crippen molar-refractivity contribution in [1.29, 1.82) is 0 Å². The highest BCUT2D eigenvalue weighted by atomic mass is 35.5. The van der Waals surface area contributed by atoms with E-state index in [0.717, 1.165) is 0 Å². The van der Waals surface area contributed by atoms with E-state index in [9.17, 15) is 79.8 Å². The molecule has 6 aliphatic carbocycles. The fourth-order valence-electron chi connectivity index (χ4n) is 11.2. The lowest BCUT2D eigenvalue weighted by molar-refractivity contribution is -0.170. The number of nitrogens with zero attached hydrogens (tertiary/aromatic N) is 2. The number of halogens is 2. The van der Waals surface area contributed by atoms with Crippen molar-refractivity contribution in [3.8, 4) is 11.5 Å². The third-order valence-corrected chi connectivity index (χ3v) is 14.0.